The highest BCUT2D eigenvalue weighted by atomic mass is 14.0. The minimum absolute atomic E-state index is 1.15. The van der Waals surface area contributed by atoms with Crippen molar-refractivity contribution < 1.29 is 0 Å². The Labute approximate surface area is 72.0 Å². The molecular formula is C11H22. The van der Waals surface area contributed by atoms with E-state index in [4.69, 9.17) is 0 Å². The molecule has 0 heteroatoms. The van der Waals surface area contributed by atoms with Crippen LogP contribution in [0.4, 0.5) is 0 Å². The molecule has 0 bridgehead atoms. The second kappa shape index (κ2) is 9.48. The first-order valence-corrected chi connectivity index (χ1v) is 4.54. The highest BCUT2D eigenvalue weighted by Crippen LogP contribution is 2.11. The summed E-state index contributed by atoms with van der Waals surface area (Å²) in [5.74, 6) is 0. The SMILES string of the molecule is C/C=C(C)\C(=C/C)CC.CC. The molecule has 0 saturated carbocycles. The molecule has 0 unspecified atom stereocenters. The maximum absolute atomic E-state index is 2.18. The number of rotatable bonds is 2. The molecule has 0 aliphatic heterocycles. The summed E-state index contributed by atoms with van der Waals surface area (Å²) in [7, 11) is 0. The monoisotopic (exact) mass is 154 g/mol. The third-order valence-corrected chi connectivity index (χ3v) is 1.67. The number of allylic oxidation sites excluding steroid dienone is 4. The highest BCUT2D eigenvalue weighted by molar-refractivity contribution is 5.27. The van der Waals surface area contributed by atoms with Gasteiger partial charge in [0.25, 0.3) is 0 Å². The maximum atomic E-state index is 2.18. The van der Waals surface area contributed by atoms with Crippen LogP contribution in [0.25, 0.3) is 0 Å². The molecule has 0 radical (unpaired) electrons. The topological polar surface area (TPSA) is 0 Å². The molecular weight excluding hydrogens is 132 g/mol. The zero-order valence-electron chi connectivity index (χ0n) is 8.86. The van der Waals surface area contributed by atoms with Gasteiger partial charge in [0, 0.05) is 0 Å². The summed E-state index contributed by atoms with van der Waals surface area (Å²) in [6.07, 6.45) is 5.47. The third kappa shape index (κ3) is 5.90. The van der Waals surface area contributed by atoms with Crippen LogP contribution >= 0.6 is 0 Å². The quantitative estimate of drug-likeness (QED) is 0.519. The Kier molecular flexibility index (Phi) is 11.3. The van der Waals surface area contributed by atoms with Crippen molar-refractivity contribution in [3.8, 4) is 0 Å². The van der Waals surface area contributed by atoms with Crippen LogP contribution in [0.5, 0.6) is 0 Å². The summed E-state index contributed by atoms with van der Waals surface area (Å²) in [6.45, 7) is 12.5. The average molecular weight is 154 g/mol. The summed E-state index contributed by atoms with van der Waals surface area (Å²) in [6, 6.07) is 0. The molecule has 0 amide bonds. The van der Waals surface area contributed by atoms with Gasteiger partial charge in [0.2, 0.25) is 0 Å². The van der Waals surface area contributed by atoms with Gasteiger partial charge in [-0.2, -0.15) is 0 Å². The predicted octanol–water partition coefficient (Wildman–Crippen LogP) is 4.34. The van der Waals surface area contributed by atoms with Crippen molar-refractivity contribution in [1.29, 1.82) is 0 Å². The molecule has 0 aromatic carbocycles. The smallest absolute Gasteiger partial charge is 0.0308 e. The Morgan fingerprint density at radius 1 is 1.09 bits per heavy atom. The molecule has 0 spiro atoms. The van der Waals surface area contributed by atoms with Gasteiger partial charge < -0.3 is 0 Å². The number of hydrogen-bond acceptors (Lipinski definition) is 0. The van der Waals surface area contributed by atoms with Crippen molar-refractivity contribution in [2.45, 2.75) is 48.0 Å². The van der Waals surface area contributed by atoms with E-state index in [2.05, 4.69) is 39.8 Å². The van der Waals surface area contributed by atoms with Crippen LogP contribution in [0.3, 0.4) is 0 Å². The predicted molar refractivity (Wildman–Crippen MR) is 54.8 cm³/mol. The van der Waals surface area contributed by atoms with E-state index in [1.807, 2.05) is 13.8 Å². The van der Waals surface area contributed by atoms with Gasteiger partial charge in [-0.05, 0) is 32.8 Å². The summed E-state index contributed by atoms with van der Waals surface area (Å²) in [5.41, 5.74) is 2.86. The van der Waals surface area contributed by atoms with Crippen LogP contribution in [0.2, 0.25) is 0 Å². The maximum Gasteiger partial charge on any atom is -0.0308 e. The normalized spacial score (nSPS) is 12.2. The van der Waals surface area contributed by atoms with Gasteiger partial charge in [-0.1, -0.05) is 38.5 Å². The van der Waals surface area contributed by atoms with Crippen LogP contribution in [0.1, 0.15) is 48.0 Å². The van der Waals surface area contributed by atoms with Crippen LogP contribution in [0.15, 0.2) is 23.3 Å². The van der Waals surface area contributed by atoms with Crippen LogP contribution in [-0.4, -0.2) is 0 Å². The van der Waals surface area contributed by atoms with Crippen molar-refractivity contribution in [3.63, 3.8) is 0 Å². The largest absolute Gasteiger partial charge is 0.0845 e. The number of hydrogen-bond donors (Lipinski definition) is 0. The van der Waals surface area contributed by atoms with E-state index < -0.39 is 0 Å². The van der Waals surface area contributed by atoms with Crippen molar-refractivity contribution >= 4 is 0 Å². The third-order valence-electron chi connectivity index (χ3n) is 1.67. The molecule has 11 heavy (non-hydrogen) atoms. The molecule has 0 aliphatic rings. The van der Waals surface area contributed by atoms with Gasteiger partial charge in [0.1, 0.15) is 0 Å². The van der Waals surface area contributed by atoms with E-state index in [0.29, 0.717) is 0 Å². The molecule has 0 aromatic heterocycles. The van der Waals surface area contributed by atoms with E-state index in [0.717, 1.165) is 6.42 Å². The highest BCUT2D eigenvalue weighted by Gasteiger charge is 1.91. The van der Waals surface area contributed by atoms with Crippen LogP contribution in [0, 0.1) is 0 Å². The summed E-state index contributed by atoms with van der Waals surface area (Å²) in [5, 5.41) is 0. The first-order chi connectivity index (χ1) is 5.26. The average Bonchev–Trinajstić information content (AvgIpc) is 2.10. The first-order valence-electron chi connectivity index (χ1n) is 4.54. The molecule has 0 aliphatic carbocycles. The van der Waals surface area contributed by atoms with Crippen molar-refractivity contribution in [3.05, 3.63) is 23.3 Å². The van der Waals surface area contributed by atoms with Crippen molar-refractivity contribution in [2.75, 3.05) is 0 Å². The Morgan fingerprint density at radius 3 is 1.64 bits per heavy atom. The van der Waals surface area contributed by atoms with Gasteiger partial charge in [-0.15, -0.1) is 0 Å². The van der Waals surface area contributed by atoms with E-state index >= 15 is 0 Å². The minimum atomic E-state index is 1.15. The van der Waals surface area contributed by atoms with E-state index in [-0.39, 0.29) is 0 Å². The standard InChI is InChI=1S/C9H16.C2H6/c1-5-8(4)9(6-2)7-3;1-2/h5-6H,7H2,1-4H3;1-2H3/b8-5-,9-6-;. The Bertz CT molecular complexity index is 127. The molecule has 0 heterocycles. The van der Waals surface area contributed by atoms with Gasteiger partial charge >= 0.3 is 0 Å². The lowest BCUT2D eigenvalue weighted by atomic mass is 10.1. The van der Waals surface area contributed by atoms with Crippen LogP contribution in [-0.2, 0) is 0 Å². The Balaban J connectivity index is 0. The summed E-state index contributed by atoms with van der Waals surface area (Å²) < 4.78 is 0. The van der Waals surface area contributed by atoms with E-state index in [9.17, 15) is 0 Å². The molecule has 0 aromatic rings. The molecule has 0 fully saturated rings. The lowest BCUT2D eigenvalue weighted by Crippen LogP contribution is -1.80. The van der Waals surface area contributed by atoms with Crippen molar-refractivity contribution in [2.24, 2.45) is 0 Å². The van der Waals surface area contributed by atoms with Crippen LogP contribution < -0.4 is 0 Å². The van der Waals surface area contributed by atoms with E-state index in [1.54, 1.807) is 0 Å². The van der Waals surface area contributed by atoms with Gasteiger partial charge in [0.15, 0.2) is 0 Å². The Morgan fingerprint density at radius 2 is 1.55 bits per heavy atom. The van der Waals surface area contributed by atoms with Gasteiger partial charge in [0.05, 0.1) is 0 Å². The summed E-state index contributed by atoms with van der Waals surface area (Å²) >= 11 is 0. The lowest BCUT2D eigenvalue weighted by molar-refractivity contribution is 1.09. The first kappa shape index (κ1) is 13.1. The molecule has 0 nitrogen and oxygen atoms in total. The second-order valence-electron chi connectivity index (χ2n) is 2.14. The molecule has 0 rings (SSSR count). The zero-order chi connectivity index (χ0) is 9.28. The van der Waals surface area contributed by atoms with Gasteiger partial charge in [-0.3, -0.25) is 0 Å². The van der Waals surface area contributed by atoms with Gasteiger partial charge in [-0.25, -0.2) is 0 Å². The lowest BCUT2D eigenvalue weighted by Gasteiger charge is -2.00. The summed E-state index contributed by atoms with van der Waals surface area (Å²) in [4.78, 5) is 0. The fraction of sp³-hybridized carbons (Fsp3) is 0.636. The fourth-order valence-corrected chi connectivity index (χ4v) is 0.896. The fourth-order valence-electron chi connectivity index (χ4n) is 0.896. The van der Waals surface area contributed by atoms with Crippen molar-refractivity contribution in [1.82, 2.24) is 0 Å². The minimum Gasteiger partial charge on any atom is -0.0845 e. The molecule has 66 valence electrons. The molecule has 0 N–H and O–H groups in total. The molecule has 0 atom stereocenters. The van der Waals surface area contributed by atoms with E-state index in [1.165, 1.54) is 11.1 Å². The molecule has 0 saturated heterocycles. The second-order valence-corrected chi connectivity index (χ2v) is 2.14. The Hall–Kier alpha value is -0.520. The zero-order valence-corrected chi connectivity index (χ0v) is 8.86.